The van der Waals surface area contributed by atoms with E-state index in [9.17, 15) is 19.2 Å². The molecule has 7 heteroatoms. The van der Waals surface area contributed by atoms with Gasteiger partial charge < -0.3 is 5.32 Å². The summed E-state index contributed by atoms with van der Waals surface area (Å²) in [6, 6.07) is 13.7. The zero-order valence-corrected chi connectivity index (χ0v) is 17.0. The molecule has 1 fully saturated rings. The first kappa shape index (κ1) is 19.8. The lowest BCUT2D eigenvalue weighted by Gasteiger charge is -2.23. The van der Waals surface area contributed by atoms with Crippen LogP contribution in [0, 0.1) is 0 Å². The van der Waals surface area contributed by atoms with Gasteiger partial charge in [-0.25, -0.2) is 4.79 Å². The van der Waals surface area contributed by atoms with E-state index in [0.29, 0.717) is 16.7 Å². The fraction of sp³-hybridized carbons (Fsp3) is 0.304. The van der Waals surface area contributed by atoms with Crippen molar-refractivity contribution in [3.05, 3.63) is 70.8 Å². The van der Waals surface area contributed by atoms with Crippen molar-refractivity contribution in [2.45, 2.75) is 32.2 Å². The van der Waals surface area contributed by atoms with E-state index in [1.807, 2.05) is 24.3 Å². The van der Waals surface area contributed by atoms with Crippen molar-refractivity contribution in [3.8, 4) is 0 Å². The molecule has 30 heavy (non-hydrogen) atoms. The summed E-state index contributed by atoms with van der Waals surface area (Å²) in [5.74, 6) is -1.21. The number of imide groups is 2. The first-order chi connectivity index (χ1) is 14.4. The Balaban J connectivity index is 1.48. The predicted molar refractivity (Wildman–Crippen MR) is 110 cm³/mol. The van der Waals surface area contributed by atoms with Crippen molar-refractivity contribution in [2.75, 3.05) is 13.1 Å². The highest BCUT2D eigenvalue weighted by atomic mass is 16.2. The average molecular weight is 405 g/mol. The summed E-state index contributed by atoms with van der Waals surface area (Å²) in [7, 11) is 0. The maximum atomic E-state index is 13.1. The molecule has 0 aromatic heterocycles. The van der Waals surface area contributed by atoms with E-state index in [4.69, 9.17) is 0 Å². The number of aryl methyl sites for hydroxylation is 1. The Morgan fingerprint density at radius 2 is 1.40 bits per heavy atom. The van der Waals surface area contributed by atoms with E-state index < -0.39 is 29.3 Å². The molecule has 1 N–H and O–H groups in total. The lowest BCUT2D eigenvalue weighted by Crippen LogP contribution is -2.43. The number of carbonyl (C=O) groups is 4. The lowest BCUT2D eigenvalue weighted by atomic mass is 9.91. The molecule has 0 spiro atoms. The van der Waals surface area contributed by atoms with E-state index in [2.05, 4.69) is 12.2 Å². The normalized spacial score (nSPS) is 20.7. The Labute approximate surface area is 174 Å². The maximum Gasteiger partial charge on any atom is 0.325 e. The van der Waals surface area contributed by atoms with E-state index in [1.165, 1.54) is 5.56 Å². The lowest BCUT2D eigenvalue weighted by molar-refractivity contribution is -0.131. The van der Waals surface area contributed by atoms with Crippen LogP contribution >= 0.6 is 0 Å². The van der Waals surface area contributed by atoms with Crippen LogP contribution in [0.5, 0.6) is 0 Å². The van der Waals surface area contributed by atoms with E-state index in [0.717, 1.165) is 22.6 Å². The molecule has 1 unspecified atom stereocenters. The highest BCUT2D eigenvalue weighted by Gasteiger charge is 2.49. The Kier molecular flexibility index (Phi) is 4.89. The van der Waals surface area contributed by atoms with Crippen LogP contribution in [0.25, 0.3) is 0 Å². The van der Waals surface area contributed by atoms with Crippen LogP contribution < -0.4 is 5.32 Å². The minimum absolute atomic E-state index is 0.0446. The van der Waals surface area contributed by atoms with E-state index in [1.54, 1.807) is 31.2 Å². The van der Waals surface area contributed by atoms with Gasteiger partial charge in [-0.3, -0.25) is 24.2 Å². The molecule has 1 saturated heterocycles. The van der Waals surface area contributed by atoms with Gasteiger partial charge in [-0.15, -0.1) is 0 Å². The number of hydrogen-bond donors (Lipinski definition) is 1. The second-order valence-corrected chi connectivity index (χ2v) is 7.77. The van der Waals surface area contributed by atoms with Gasteiger partial charge >= 0.3 is 6.03 Å². The van der Waals surface area contributed by atoms with Crippen LogP contribution in [0.1, 0.15) is 52.1 Å². The fourth-order valence-electron chi connectivity index (χ4n) is 4.03. The van der Waals surface area contributed by atoms with Crippen LogP contribution in [-0.2, 0) is 16.8 Å². The molecule has 5 amide bonds. The Hall–Kier alpha value is -3.48. The van der Waals surface area contributed by atoms with Crippen molar-refractivity contribution >= 4 is 23.8 Å². The monoisotopic (exact) mass is 405 g/mol. The molecule has 0 aliphatic carbocycles. The van der Waals surface area contributed by atoms with Crippen LogP contribution in [0.4, 0.5) is 4.79 Å². The van der Waals surface area contributed by atoms with Gasteiger partial charge in [0.1, 0.15) is 5.54 Å². The molecule has 7 nitrogen and oxygen atoms in total. The van der Waals surface area contributed by atoms with Crippen molar-refractivity contribution < 1.29 is 19.2 Å². The molecule has 2 aromatic carbocycles. The molecule has 154 valence electrons. The SMILES string of the molecule is CCCc1ccc(C2(C)NC(=O)N(CCN3C(=O)c4ccccc4C3=O)C2=O)cc1. The zero-order valence-electron chi connectivity index (χ0n) is 17.0. The van der Waals surface area contributed by atoms with Crippen LogP contribution in [0.15, 0.2) is 48.5 Å². The third kappa shape index (κ3) is 3.07. The summed E-state index contributed by atoms with van der Waals surface area (Å²) in [5.41, 5.74) is 1.38. The van der Waals surface area contributed by atoms with Gasteiger partial charge in [0.15, 0.2) is 0 Å². The first-order valence-corrected chi connectivity index (χ1v) is 10.1. The van der Waals surface area contributed by atoms with Crippen molar-refractivity contribution in [1.29, 1.82) is 0 Å². The van der Waals surface area contributed by atoms with Gasteiger partial charge in [-0.1, -0.05) is 49.7 Å². The number of benzene rings is 2. The van der Waals surface area contributed by atoms with Gasteiger partial charge in [0.2, 0.25) is 0 Å². The molecular weight excluding hydrogens is 382 g/mol. The number of urea groups is 1. The van der Waals surface area contributed by atoms with Gasteiger partial charge in [-0.05, 0) is 36.6 Å². The van der Waals surface area contributed by atoms with E-state index >= 15 is 0 Å². The summed E-state index contributed by atoms with van der Waals surface area (Å²) in [4.78, 5) is 52.8. The van der Waals surface area contributed by atoms with Crippen molar-refractivity contribution in [3.63, 3.8) is 0 Å². The zero-order chi connectivity index (χ0) is 21.5. The van der Waals surface area contributed by atoms with Crippen LogP contribution in [0.3, 0.4) is 0 Å². The first-order valence-electron chi connectivity index (χ1n) is 10.1. The summed E-state index contributed by atoms with van der Waals surface area (Å²) < 4.78 is 0. The molecular formula is C23H23N3O4. The molecule has 2 heterocycles. The third-order valence-corrected chi connectivity index (χ3v) is 5.77. The summed E-state index contributed by atoms with van der Waals surface area (Å²) in [6.45, 7) is 3.67. The van der Waals surface area contributed by atoms with E-state index in [-0.39, 0.29) is 13.1 Å². The molecule has 2 aromatic rings. The molecule has 4 rings (SSSR count). The minimum Gasteiger partial charge on any atom is -0.319 e. The number of fused-ring (bicyclic) bond motifs is 1. The quantitative estimate of drug-likeness (QED) is 0.591. The smallest absolute Gasteiger partial charge is 0.319 e. The predicted octanol–water partition coefficient (Wildman–Crippen LogP) is 2.70. The van der Waals surface area contributed by atoms with Crippen LogP contribution in [0.2, 0.25) is 0 Å². The van der Waals surface area contributed by atoms with Gasteiger partial charge in [0.05, 0.1) is 11.1 Å². The van der Waals surface area contributed by atoms with Gasteiger partial charge in [-0.2, -0.15) is 0 Å². The van der Waals surface area contributed by atoms with Crippen molar-refractivity contribution in [1.82, 2.24) is 15.1 Å². The minimum atomic E-state index is -1.18. The Morgan fingerprint density at radius 1 is 0.833 bits per heavy atom. The number of nitrogens with one attached hydrogen (secondary N) is 1. The Morgan fingerprint density at radius 3 is 1.97 bits per heavy atom. The Bertz CT molecular complexity index is 1010. The summed E-state index contributed by atoms with van der Waals surface area (Å²) >= 11 is 0. The largest absolute Gasteiger partial charge is 0.325 e. The molecule has 2 aliphatic heterocycles. The summed E-state index contributed by atoms with van der Waals surface area (Å²) in [6.07, 6.45) is 1.97. The number of nitrogens with zero attached hydrogens (tertiary/aromatic N) is 2. The maximum absolute atomic E-state index is 13.1. The number of amides is 5. The number of carbonyl (C=O) groups excluding carboxylic acids is 4. The average Bonchev–Trinajstić information content (AvgIpc) is 3.12. The molecule has 0 saturated carbocycles. The topological polar surface area (TPSA) is 86.8 Å². The summed E-state index contributed by atoms with van der Waals surface area (Å²) in [5, 5.41) is 2.76. The second kappa shape index (κ2) is 7.40. The van der Waals surface area contributed by atoms with Gasteiger partial charge in [0, 0.05) is 13.1 Å². The second-order valence-electron chi connectivity index (χ2n) is 7.77. The standard InChI is InChI=1S/C23H23N3O4/c1-3-6-15-9-11-16(12-10-15)23(2)21(29)26(22(30)24-23)14-13-25-19(27)17-7-4-5-8-18(17)20(25)28/h4-5,7-12H,3,6,13-14H2,1-2H3,(H,24,30). The van der Waals surface area contributed by atoms with Crippen LogP contribution in [-0.4, -0.2) is 46.6 Å². The van der Waals surface area contributed by atoms with Crippen molar-refractivity contribution in [2.24, 2.45) is 0 Å². The molecule has 2 aliphatic rings. The highest BCUT2D eigenvalue weighted by Crippen LogP contribution is 2.29. The molecule has 0 radical (unpaired) electrons. The van der Waals surface area contributed by atoms with Gasteiger partial charge in [0.25, 0.3) is 17.7 Å². The molecule has 0 bridgehead atoms. The number of rotatable bonds is 6. The fourth-order valence-corrected chi connectivity index (χ4v) is 4.03. The third-order valence-electron chi connectivity index (χ3n) is 5.77. The highest BCUT2D eigenvalue weighted by molar-refractivity contribution is 6.21. The number of hydrogen-bond acceptors (Lipinski definition) is 4. The molecule has 1 atom stereocenters.